The summed E-state index contributed by atoms with van der Waals surface area (Å²) in [6.45, 7) is 0. The van der Waals surface area contributed by atoms with Gasteiger partial charge in [0.1, 0.15) is 0 Å². The van der Waals surface area contributed by atoms with Crippen LogP contribution >= 0.6 is 57.8 Å². The first-order chi connectivity index (χ1) is 5.15. The van der Waals surface area contributed by atoms with E-state index in [2.05, 4.69) is 0 Å². The Balaban J connectivity index is 3.21. The summed E-state index contributed by atoms with van der Waals surface area (Å²) < 4.78 is 4.88. The first kappa shape index (κ1) is 9.71. The summed E-state index contributed by atoms with van der Waals surface area (Å²) in [7, 11) is 0. The molecule has 0 aliphatic heterocycles. The maximum atomic E-state index is 5.73. The third kappa shape index (κ3) is 2.28. The van der Waals surface area contributed by atoms with E-state index in [1.807, 2.05) is 0 Å². The van der Waals surface area contributed by atoms with Crippen molar-refractivity contribution >= 4 is 57.8 Å². The third-order valence-electron chi connectivity index (χ3n) is 1.06. The quantitative estimate of drug-likeness (QED) is 0.551. The van der Waals surface area contributed by atoms with E-state index in [4.69, 9.17) is 37.9 Å². The van der Waals surface area contributed by atoms with Crippen molar-refractivity contribution in [2.24, 2.45) is 0 Å². The van der Waals surface area contributed by atoms with Gasteiger partial charge in [-0.1, -0.05) is 34.8 Å². The number of rotatable bonds is 1. The molecule has 0 bridgehead atoms. The maximum Gasteiger partial charge on any atom is 0.192 e. The molecule has 0 fully saturated rings. The molecule has 1 nitrogen and oxygen atoms in total. The Hall–Kier alpha value is 0.620. The van der Waals surface area contributed by atoms with Crippen molar-refractivity contribution < 1.29 is 3.07 Å². The Bertz CT molecular complexity index is 277. The minimum absolute atomic E-state index is 0.425. The van der Waals surface area contributed by atoms with Crippen molar-refractivity contribution in [3.8, 4) is 5.75 Å². The highest BCUT2D eigenvalue weighted by molar-refractivity contribution is 14.1. The molecular weight excluding hydrogens is 321 g/mol. The van der Waals surface area contributed by atoms with Crippen molar-refractivity contribution in [1.82, 2.24) is 0 Å². The van der Waals surface area contributed by atoms with Crippen LogP contribution in [0.3, 0.4) is 0 Å². The van der Waals surface area contributed by atoms with Crippen LogP contribution in [0.1, 0.15) is 0 Å². The van der Waals surface area contributed by atoms with E-state index in [-0.39, 0.29) is 0 Å². The number of halogens is 4. The van der Waals surface area contributed by atoms with Crippen LogP contribution in [-0.2, 0) is 0 Å². The molecule has 0 atom stereocenters. The predicted octanol–water partition coefficient (Wildman–Crippen LogP) is 4.38. The van der Waals surface area contributed by atoms with Crippen LogP contribution in [-0.4, -0.2) is 0 Å². The normalized spacial score (nSPS) is 9.82. The third-order valence-corrected chi connectivity index (χ3v) is 2.55. The van der Waals surface area contributed by atoms with Gasteiger partial charge in [-0.2, -0.15) is 0 Å². The minimum atomic E-state index is 0.425. The lowest BCUT2D eigenvalue weighted by Crippen LogP contribution is -1.77. The number of hydrogen-bond acceptors (Lipinski definition) is 1. The second-order valence-electron chi connectivity index (χ2n) is 1.77. The molecule has 0 saturated carbocycles. The van der Waals surface area contributed by atoms with Crippen LogP contribution in [0.15, 0.2) is 12.1 Å². The van der Waals surface area contributed by atoms with Crippen molar-refractivity contribution in [3.05, 3.63) is 27.2 Å². The lowest BCUT2D eigenvalue weighted by molar-refractivity contribution is 0.717. The van der Waals surface area contributed by atoms with Crippen LogP contribution in [0, 0.1) is 0 Å². The first-order valence-corrected chi connectivity index (χ1v) is 4.59. The van der Waals surface area contributed by atoms with Gasteiger partial charge in [-0.15, -0.1) is 0 Å². The summed E-state index contributed by atoms with van der Waals surface area (Å²) in [5.41, 5.74) is 0. The van der Waals surface area contributed by atoms with Gasteiger partial charge >= 0.3 is 0 Å². The van der Waals surface area contributed by atoms with Crippen LogP contribution in [0.5, 0.6) is 5.75 Å². The van der Waals surface area contributed by atoms with E-state index < -0.39 is 0 Å². The Labute approximate surface area is 93.3 Å². The summed E-state index contributed by atoms with van der Waals surface area (Å²) in [6.07, 6.45) is 0. The van der Waals surface area contributed by atoms with Gasteiger partial charge in [-0.25, -0.2) is 0 Å². The van der Waals surface area contributed by atoms with E-state index in [9.17, 15) is 0 Å². The Morgan fingerprint density at radius 1 is 1.00 bits per heavy atom. The van der Waals surface area contributed by atoms with Gasteiger partial charge in [0.25, 0.3) is 0 Å². The van der Waals surface area contributed by atoms with Crippen molar-refractivity contribution in [2.45, 2.75) is 0 Å². The van der Waals surface area contributed by atoms with Crippen LogP contribution in [0.25, 0.3) is 0 Å². The monoisotopic (exact) mass is 322 g/mol. The van der Waals surface area contributed by atoms with Crippen molar-refractivity contribution in [2.75, 3.05) is 0 Å². The average Bonchev–Trinajstić information content (AvgIpc) is 1.97. The SMILES string of the molecule is Clc1cc(Cl)c(OI)cc1Cl. The van der Waals surface area contributed by atoms with E-state index in [1.54, 1.807) is 35.1 Å². The molecule has 0 aliphatic carbocycles. The fourth-order valence-corrected chi connectivity index (χ4v) is 1.63. The molecule has 0 radical (unpaired) electrons. The highest BCUT2D eigenvalue weighted by Gasteiger charge is 2.05. The fourth-order valence-electron chi connectivity index (χ4n) is 0.563. The highest BCUT2D eigenvalue weighted by Crippen LogP contribution is 2.34. The zero-order chi connectivity index (χ0) is 8.43. The Kier molecular flexibility index (Phi) is 3.55. The van der Waals surface area contributed by atoms with Crippen LogP contribution in [0.2, 0.25) is 15.1 Å². The minimum Gasteiger partial charge on any atom is -0.426 e. The van der Waals surface area contributed by atoms with E-state index in [0.717, 1.165) is 0 Å². The summed E-state index contributed by atoms with van der Waals surface area (Å²) in [6, 6.07) is 3.11. The smallest absolute Gasteiger partial charge is 0.192 e. The lowest BCUT2D eigenvalue weighted by Gasteiger charge is -2.01. The van der Waals surface area contributed by atoms with E-state index in [0.29, 0.717) is 20.8 Å². The van der Waals surface area contributed by atoms with E-state index >= 15 is 0 Å². The molecule has 0 aromatic heterocycles. The summed E-state index contributed by atoms with van der Waals surface area (Å²) in [5, 5.41) is 1.31. The van der Waals surface area contributed by atoms with Gasteiger partial charge in [0.15, 0.2) is 28.8 Å². The second kappa shape index (κ2) is 4.03. The van der Waals surface area contributed by atoms with Gasteiger partial charge in [0.2, 0.25) is 0 Å². The number of hydrogen-bond donors (Lipinski definition) is 0. The van der Waals surface area contributed by atoms with Gasteiger partial charge < -0.3 is 3.07 Å². The molecule has 1 rings (SSSR count). The predicted molar refractivity (Wildman–Crippen MR) is 56.1 cm³/mol. The lowest BCUT2D eigenvalue weighted by atomic mass is 10.3. The molecule has 0 spiro atoms. The van der Waals surface area contributed by atoms with Crippen molar-refractivity contribution in [1.29, 1.82) is 0 Å². The molecule has 0 N–H and O–H groups in total. The standard InChI is InChI=1S/C6H2Cl3IO/c7-3-1-5(9)6(11-10)2-4(3)8/h1-2H. The van der Waals surface area contributed by atoms with Crippen LogP contribution in [0.4, 0.5) is 0 Å². The average molecular weight is 323 g/mol. The molecule has 1 aromatic carbocycles. The van der Waals surface area contributed by atoms with Gasteiger partial charge in [0.05, 0.1) is 15.1 Å². The Morgan fingerprint density at radius 2 is 1.55 bits per heavy atom. The molecule has 0 heterocycles. The molecule has 0 unspecified atom stereocenters. The van der Waals surface area contributed by atoms with Crippen molar-refractivity contribution in [3.63, 3.8) is 0 Å². The second-order valence-corrected chi connectivity index (χ2v) is 3.44. The first-order valence-electron chi connectivity index (χ1n) is 2.58. The summed E-state index contributed by atoms with van der Waals surface area (Å²) in [4.78, 5) is 0. The molecule has 0 aliphatic rings. The van der Waals surface area contributed by atoms with Crippen LogP contribution < -0.4 is 3.07 Å². The summed E-state index contributed by atoms with van der Waals surface area (Å²) >= 11 is 18.8. The molecule has 0 saturated heterocycles. The molecular formula is C6H2Cl3IO. The molecule has 60 valence electrons. The zero-order valence-corrected chi connectivity index (χ0v) is 9.50. The zero-order valence-electron chi connectivity index (χ0n) is 5.07. The topological polar surface area (TPSA) is 9.23 Å². The molecule has 5 heteroatoms. The highest BCUT2D eigenvalue weighted by atomic mass is 127. The molecule has 0 amide bonds. The largest absolute Gasteiger partial charge is 0.426 e. The van der Waals surface area contributed by atoms with Gasteiger partial charge in [-0.3, -0.25) is 0 Å². The van der Waals surface area contributed by atoms with Gasteiger partial charge in [0, 0.05) is 6.07 Å². The summed E-state index contributed by atoms with van der Waals surface area (Å²) in [5.74, 6) is 0.515. The Morgan fingerprint density at radius 3 is 2.09 bits per heavy atom. The van der Waals surface area contributed by atoms with Gasteiger partial charge in [-0.05, 0) is 6.07 Å². The number of benzene rings is 1. The maximum absolute atomic E-state index is 5.73. The molecule has 11 heavy (non-hydrogen) atoms. The fraction of sp³-hybridized carbons (Fsp3) is 0. The van der Waals surface area contributed by atoms with E-state index in [1.165, 1.54) is 0 Å². The molecule has 1 aromatic rings.